The summed E-state index contributed by atoms with van der Waals surface area (Å²) in [5.74, 6) is -3.20. The minimum Gasteiger partial charge on any atom is -0.453 e. The number of nitrogens with one attached hydrogen (secondary N) is 1. The van der Waals surface area contributed by atoms with Gasteiger partial charge in [-0.05, 0) is 72.1 Å². The number of fused-ring (bicyclic) bond motifs is 1. The normalized spacial score (nSPS) is 12.7. The van der Waals surface area contributed by atoms with Crippen LogP contribution in [0.1, 0.15) is 37.6 Å². The standard InChI is InChI=1S/C24H29F2N5O3/c1-24(2,3)31-19-12-16(23(33)29-18(22(27)32)8-9-30(4)5)21(10-14(19)13-28-31)34-20-7-6-15(25)11-17(20)26/h6-7,10-13,18H,8-9H2,1-5H3,(H2,27,32)(H,29,33). The minimum atomic E-state index is -0.923. The van der Waals surface area contributed by atoms with Gasteiger partial charge in [0.05, 0.1) is 22.8 Å². The summed E-state index contributed by atoms with van der Waals surface area (Å²) in [6, 6.07) is 5.09. The van der Waals surface area contributed by atoms with Crippen molar-refractivity contribution in [2.75, 3.05) is 20.6 Å². The van der Waals surface area contributed by atoms with E-state index in [0.29, 0.717) is 29.9 Å². The van der Waals surface area contributed by atoms with Crippen LogP contribution >= 0.6 is 0 Å². The van der Waals surface area contributed by atoms with Gasteiger partial charge in [0.25, 0.3) is 5.91 Å². The zero-order chi connectivity index (χ0) is 25.2. The predicted octanol–water partition coefficient (Wildman–Crippen LogP) is 3.40. The van der Waals surface area contributed by atoms with Crippen molar-refractivity contribution in [2.45, 2.75) is 38.8 Å². The largest absolute Gasteiger partial charge is 0.453 e. The number of carbonyl (C=O) groups is 2. The molecule has 1 atom stereocenters. The van der Waals surface area contributed by atoms with E-state index in [0.717, 1.165) is 12.1 Å². The lowest BCUT2D eigenvalue weighted by molar-refractivity contribution is -0.120. The number of carbonyl (C=O) groups excluding carboxylic acids is 2. The summed E-state index contributed by atoms with van der Waals surface area (Å²) in [7, 11) is 3.68. The molecule has 2 aromatic carbocycles. The van der Waals surface area contributed by atoms with E-state index in [1.807, 2.05) is 39.8 Å². The maximum Gasteiger partial charge on any atom is 0.255 e. The van der Waals surface area contributed by atoms with Crippen LogP contribution in [0.2, 0.25) is 0 Å². The molecule has 3 rings (SSSR count). The van der Waals surface area contributed by atoms with Crippen LogP contribution in [0.15, 0.2) is 36.5 Å². The molecule has 0 radical (unpaired) electrons. The van der Waals surface area contributed by atoms with Crippen LogP contribution in [0.5, 0.6) is 11.5 Å². The number of primary amides is 1. The Kier molecular flexibility index (Phi) is 7.21. The quantitative estimate of drug-likeness (QED) is 0.522. The molecular weight excluding hydrogens is 444 g/mol. The molecule has 0 spiro atoms. The smallest absolute Gasteiger partial charge is 0.255 e. The van der Waals surface area contributed by atoms with Crippen LogP contribution < -0.4 is 15.8 Å². The van der Waals surface area contributed by atoms with Gasteiger partial charge in [-0.2, -0.15) is 5.10 Å². The molecule has 1 heterocycles. The number of aromatic nitrogens is 2. The Morgan fingerprint density at radius 1 is 1.18 bits per heavy atom. The van der Waals surface area contributed by atoms with Gasteiger partial charge < -0.3 is 20.7 Å². The topological polar surface area (TPSA) is 102 Å². The van der Waals surface area contributed by atoms with E-state index in [2.05, 4.69) is 10.4 Å². The van der Waals surface area contributed by atoms with Crippen molar-refractivity contribution in [2.24, 2.45) is 5.73 Å². The summed E-state index contributed by atoms with van der Waals surface area (Å²) < 4.78 is 35.1. The highest BCUT2D eigenvalue weighted by Crippen LogP contribution is 2.33. The fourth-order valence-corrected chi connectivity index (χ4v) is 3.43. The van der Waals surface area contributed by atoms with Crippen molar-refractivity contribution in [1.82, 2.24) is 20.0 Å². The number of nitrogens with two attached hydrogens (primary N) is 1. The van der Waals surface area contributed by atoms with Crippen molar-refractivity contribution >= 4 is 22.7 Å². The molecule has 0 bridgehead atoms. The SMILES string of the molecule is CN(C)CCC(NC(=O)c1cc2c(cnn2C(C)(C)C)cc1Oc1ccc(F)cc1F)C(N)=O. The number of benzene rings is 2. The highest BCUT2D eigenvalue weighted by atomic mass is 19.1. The first-order chi connectivity index (χ1) is 15.9. The Hall–Kier alpha value is -3.53. The molecule has 0 saturated heterocycles. The summed E-state index contributed by atoms with van der Waals surface area (Å²) in [5.41, 5.74) is 5.81. The number of ether oxygens (including phenoxy) is 1. The fraction of sp³-hybridized carbons (Fsp3) is 0.375. The second-order valence-electron chi connectivity index (χ2n) is 9.33. The minimum absolute atomic E-state index is 0.0276. The van der Waals surface area contributed by atoms with Gasteiger partial charge in [-0.25, -0.2) is 8.78 Å². The summed E-state index contributed by atoms with van der Waals surface area (Å²) in [5, 5.41) is 7.71. The Morgan fingerprint density at radius 3 is 2.47 bits per heavy atom. The molecule has 3 N–H and O–H groups in total. The van der Waals surface area contributed by atoms with Crippen molar-refractivity contribution in [3.63, 3.8) is 0 Å². The van der Waals surface area contributed by atoms with Crippen LogP contribution in [0.4, 0.5) is 8.78 Å². The van der Waals surface area contributed by atoms with Gasteiger partial charge >= 0.3 is 0 Å². The molecule has 1 aromatic heterocycles. The van der Waals surface area contributed by atoms with Crippen LogP contribution in [-0.4, -0.2) is 53.2 Å². The van der Waals surface area contributed by atoms with Crippen molar-refractivity contribution in [3.8, 4) is 11.5 Å². The molecule has 0 aliphatic heterocycles. The van der Waals surface area contributed by atoms with E-state index < -0.39 is 29.5 Å². The molecule has 0 fully saturated rings. The number of hydrogen-bond donors (Lipinski definition) is 2. The number of amides is 2. The van der Waals surface area contributed by atoms with E-state index >= 15 is 0 Å². The lowest BCUT2D eigenvalue weighted by atomic mass is 10.1. The number of nitrogens with zero attached hydrogens (tertiary/aromatic N) is 3. The van der Waals surface area contributed by atoms with Gasteiger partial charge in [0, 0.05) is 11.5 Å². The fourth-order valence-electron chi connectivity index (χ4n) is 3.43. The van der Waals surface area contributed by atoms with Gasteiger partial charge in [-0.15, -0.1) is 0 Å². The second kappa shape index (κ2) is 9.76. The first kappa shape index (κ1) is 25.1. The molecule has 0 saturated carbocycles. The molecule has 1 unspecified atom stereocenters. The zero-order valence-electron chi connectivity index (χ0n) is 19.9. The van der Waals surface area contributed by atoms with Crippen LogP contribution in [0.25, 0.3) is 10.9 Å². The third-order valence-electron chi connectivity index (χ3n) is 5.18. The van der Waals surface area contributed by atoms with Crippen LogP contribution in [0, 0.1) is 11.6 Å². The average molecular weight is 474 g/mol. The van der Waals surface area contributed by atoms with Gasteiger partial charge in [0.1, 0.15) is 17.6 Å². The van der Waals surface area contributed by atoms with Crippen LogP contribution in [0.3, 0.4) is 0 Å². The summed E-state index contributed by atoms with van der Waals surface area (Å²) in [4.78, 5) is 27.1. The Balaban J connectivity index is 2.07. The number of hydrogen-bond acceptors (Lipinski definition) is 5. The Bertz CT molecular complexity index is 1220. The second-order valence-corrected chi connectivity index (χ2v) is 9.33. The molecule has 10 heteroatoms. The highest BCUT2D eigenvalue weighted by molar-refractivity contribution is 6.02. The monoisotopic (exact) mass is 473 g/mol. The first-order valence-electron chi connectivity index (χ1n) is 10.8. The summed E-state index contributed by atoms with van der Waals surface area (Å²) >= 11 is 0. The predicted molar refractivity (Wildman–Crippen MR) is 125 cm³/mol. The molecule has 182 valence electrons. The van der Waals surface area contributed by atoms with Gasteiger partial charge in [0.2, 0.25) is 5.91 Å². The van der Waals surface area contributed by atoms with E-state index in [1.165, 1.54) is 0 Å². The van der Waals surface area contributed by atoms with Gasteiger partial charge in [-0.1, -0.05) is 0 Å². The molecule has 34 heavy (non-hydrogen) atoms. The van der Waals surface area contributed by atoms with Crippen molar-refractivity contribution in [1.29, 1.82) is 0 Å². The molecule has 8 nitrogen and oxygen atoms in total. The van der Waals surface area contributed by atoms with Crippen LogP contribution in [-0.2, 0) is 10.3 Å². The molecule has 0 aliphatic rings. The molecule has 0 aliphatic carbocycles. The lowest BCUT2D eigenvalue weighted by Gasteiger charge is -2.22. The maximum atomic E-state index is 14.3. The number of halogens is 2. The van der Waals surface area contributed by atoms with Crippen molar-refractivity contribution < 1.29 is 23.1 Å². The zero-order valence-corrected chi connectivity index (χ0v) is 19.9. The third-order valence-corrected chi connectivity index (χ3v) is 5.18. The molecule has 3 aromatic rings. The highest BCUT2D eigenvalue weighted by Gasteiger charge is 2.25. The Labute approximate surface area is 196 Å². The van der Waals surface area contributed by atoms with Gasteiger partial charge in [0.15, 0.2) is 11.6 Å². The first-order valence-corrected chi connectivity index (χ1v) is 10.8. The third kappa shape index (κ3) is 5.69. The van der Waals surface area contributed by atoms with E-state index in [1.54, 1.807) is 23.0 Å². The molecular formula is C24H29F2N5O3. The van der Waals surface area contributed by atoms with E-state index in [4.69, 9.17) is 10.5 Å². The van der Waals surface area contributed by atoms with E-state index in [9.17, 15) is 18.4 Å². The Morgan fingerprint density at radius 2 is 1.88 bits per heavy atom. The number of rotatable bonds is 8. The summed E-state index contributed by atoms with van der Waals surface area (Å²) in [6.45, 7) is 6.40. The average Bonchev–Trinajstić information content (AvgIpc) is 3.15. The molecule has 2 amide bonds. The lowest BCUT2D eigenvalue weighted by Crippen LogP contribution is -2.45. The summed E-state index contributed by atoms with van der Waals surface area (Å²) in [6.07, 6.45) is 1.92. The van der Waals surface area contributed by atoms with Crippen molar-refractivity contribution in [3.05, 3.63) is 53.7 Å². The maximum absolute atomic E-state index is 14.3. The van der Waals surface area contributed by atoms with Gasteiger partial charge in [-0.3, -0.25) is 14.3 Å². The van der Waals surface area contributed by atoms with E-state index in [-0.39, 0.29) is 22.6 Å².